The van der Waals surface area contributed by atoms with Crippen LogP contribution >= 0.6 is 0 Å². The van der Waals surface area contributed by atoms with E-state index in [0.29, 0.717) is 41.9 Å². The minimum absolute atomic E-state index is 0.217. The molecular formula is C15H25N6O5S+. The molecule has 0 aromatic carbocycles. The molecule has 27 heavy (non-hydrogen) atoms. The molecule has 3 heterocycles. The van der Waals surface area contributed by atoms with E-state index in [-0.39, 0.29) is 10.9 Å². The highest BCUT2D eigenvalue weighted by molar-refractivity contribution is 7.96. The number of nitrogens with two attached hydrogens (primary N) is 2. The molecule has 0 aliphatic carbocycles. The van der Waals surface area contributed by atoms with Crippen LogP contribution in [0.15, 0.2) is 6.33 Å². The highest BCUT2D eigenvalue weighted by Gasteiger charge is 2.49. The lowest BCUT2D eigenvalue weighted by molar-refractivity contribution is -0.138. The van der Waals surface area contributed by atoms with Crippen molar-refractivity contribution < 1.29 is 24.9 Å². The first-order valence-corrected chi connectivity index (χ1v) is 10.5. The Morgan fingerprint density at radius 2 is 2.22 bits per heavy atom. The number of rotatable bonds is 7. The molecule has 1 saturated heterocycles. The van der Waals surface area contributed by atoms with Crippen molar-refractivity contribution in [3.8, 4) is 0 Å². The van der Waals surface area contributed by atoms with E-state index in [1.807, 2.05) is 6.26 Å². The fourth-order valence-corrected chi connectivity index (χ4v) is 4.83. The summed E-state index contributed by atoms with van der Waals surface area (Å²) in [6, 6.07) is -0.898. The zero-order valence-electron chi connectivity index (χ0n) is 14.9. The third-order valence-corrected chi connectivity index (χ3v) is 6.57. The molecule has 3 rings (SSSR count). The van der Waals surface area contributed by atoms with E-state index in [1.165, 1.54) is 6.33 Å². The molecule has 1 aromatic rings. The highest BCUT2D eigenvalue weighted by atomic mass is 32.2. The molecule has 1 unspecified atom stereocenters. The van der Waals surface area contributed by atoms with Crippen molar-refractivity contribution in [3.63, 3.8) is 0 Å². The Kier molecular flexibility index (Phi) is 5.91. The Labute approximate surface area is 159 Å². The topological polar surface area (TPSA) is 180 Å². The van der Waals surface area contributed by atoms with E-state index in [1.54, 1.807) is 4.90 Å². The Balaban J connectivity index is 1.62. The molecule has 0 saturated carbocycles. The third kappa shape index (κ3) is 4.04. The van der Waals surface area contributed by atoms with Gasteiger partial charge in [0.15, 0.2) is 17.9 Å². The van der Waals surface area contributed by atoms with Gasteiger partial charge < -0.3 is 41.7 Å². The number of nitrogens with one attached hydrogen (secondary N) is 1. The number of carboxylic acid groups (broad SMARTS) is 1. The summed E-state index contributed by atoms with van der Waals surface area (Å²) in [4.78, 5) is 20.6. The van der Waals surface area contributed by atoms with Gasteiger partial charge in [0, 0.05) is 6.42 Å². The van der Waals surface area contributed by atoms with Gasteiger partial charge >= 0.3 is 5.97 Å². The molecule has 6 atom stereocenters. The zero-order chi connectivity index (χ0) is 19.7. The summed E-state index contributed by atoms with van der Waals surface area (Å²) in [6.07, 6.45) is 0.139. The van der Waals surface area contributed by atoms with Crippen molar-refractivity contribution in [3.05, 3.63) is 6.33 Å². The van der Waals surface area contributed by atoms with Gasteiger partial charge in [-0.1, -0.05) is 0 Å². The molecule has 1 fully saturated rings. The fourth-order valence-electron chi connectivity index (χ4n) is 3.17. The summed E-state index contributed by atoms with van der Waals surface area (Å²) in [7, 11) is -0.217. The molecule has 0 amide bonds. The number of nitrogens with zero attached hydrogens (tertiary/aromatic N) is 3. The molecule has 0 bridgehead atoms. The van der Waals surface area contributed by atoms with E-state index < -0.39 is 36.6 Å². The molecule has 0 radical (unpaired) electrons. The van der Waals surface area contributed by atoms with Crippen LogP contribution in [-0.2, 0) is 20.4 Å². The zero-order valence-corrected chi connectivity index (χ0v) is 15.7. The molecular weight excluding hydrogens is 376 g/mol. The number of hydrogen-bond acceptors (Lipinski definition) is 10. The van der Waals surface area contributed by atoms with Gasteiger partial charge in [0.25, 0.3) is 0 Å². The van der Waals surface area contributed by atoms with Gasteiger partial charge in [-0.25, -0.2) is 9.97 Å². The molecule has 11 nitrogen and oxygen atoms in total. The molecule has 150 valence electrons. The Bertz CT molecular complexity index is 697. The monoisotopic (exact) mass is 401 g/mol. The van der Waals surface area contributed by atoms with Crippen LogP contribution < -0.4 is 21.7 Å². The average Bonchev–Trinajstić information content (AvgIpc) is 3.17. The number of aromatic nitrogens is 2. The van der Waals surface area contributed by atoms with Gasteiger partial charge in [-0.15, -0.1) is 0 Å². The Hall–Kier alpha value is -1.86. The van der Waals surface area contributed by atoms with Crippen molar-refractivity contribution in [1.29, 1.82) is 0 Å². The van der Waals surface area contributed by atoms with Crippen molar-refractivity contribution >= 4 is 34.2 Å². The van der Waals surface area contributed by atoms with Crippen LogP contribution in [0.3, 0.4) is 0 Å². The predicted octanol–water partition coefficient (Wildman–Crippen LogP) is -2.25. The van der Waals surface area contributed by atoms with Crippen LogP contribution in [0, 0.1) is 0 Å². The van der Waals surface area contributed by atoms with Gasteiger partial charge in [0.1, 0.15) is 47.9 Å². The number of carbonyl (C=O) groups is 1. The number of carboxylic acids is 1. The maximum Gasteiger partial charge on any atom is 0.320 e. The third-order valence-electron chi connectivity index (χ3n) is 4.74. The second-order valence-corrected chi connectivity index (χ2v) is 9.00. The standard InChI is InChI=1S/C15H24N6O5S/c1-27(3-2-7(16)15(24)25)4-8-10(22)11(23)14(26-8)21-6-20-9-12(17)18-5-19-13(9)21/h5,7-8,10-11,14,20,22-23H,2-4,6,16H2,1H3,(H2-,17,18,19,24,25)/p+1/t7-,8+,10+,11+,14+,27?/m0/s1. The van der Waals surface area contributed by atoms with Crippen LogP contribution in [0.2, 0.25) is 0 Å². The van der Waals surface area contributed by atoms with Crippen LogP contribution in [0.4, 0.5) is 17.3 Å². The Morgan fingerprint density at radius 1 is 1.48 bits per heavy atom. The lowest BCUT2D eigenvalue weighted by Crippen LogP contribution is -2.44. The van der Waals surface area contributed by atoms with Gasteiger partial charge in [0.05, 0.1) is 12.9 Å². The van der Waals surface area contributed by atoms with Crippen molar-refractivity contribution in [2.24, 2.45) is 5.73 Å². The first-order chi connectivity index (χ1) is 12.8. The minimum atomic E-state index is -1.11. The number of hydrogen-bond donors (Lipinski definition) is 6. The van der Waals surface area contributed by atoms with Gasteiger partial charge in [-0.2, -0.15) is 0 Å². The average molecular weight is 401 g/mol. The second kappa shape index (κ2) is 8.02. The summed E-state index contributed by atoms with van der Waals surface area (Å²) < 4.78 is 5.94. The summed E-state index contributed by atoms with van der Waals surface area (Å²) in [5, 5.41) is 32.8. The number of fused-ring (bicyclic) bond motifs is 1. The summed E-state index contributed by atoms with van der Waals surface area (Å²) in [5.74, 6) is 0.903. The van der Waals surface area contributed by atoms with Crippen LogP contribution in [0.25, 0.3) is 0 Å². The first-order valence-electron chi connectivity index (χ1n) is 8.49. The first kappa shape index (κ1) is 19.9. The number of anilines is 3. The molecule has 2 aliphatic heterocycles. The molecule has 0 spiro atoms. The predicted molar refractivity (Wildman–Crippen MR) is 101 cm³/mol. The van der Waals surface area contributed by atoms with Crippen molar-refractivity contribution in [2.75, 3.05) is 40.4 Å². The number of aliphatic hydroxyl groups excluding tert-OH is 2. The number of aliphatic carboxylic acids is 1. The van der Waals surface area contributed by atoms with Crippen LogP contribution in [0.1, 0.15) is 6.42 Å². The summed E-state index contributed by atoms with van der Waals surface area (Å²) in [6.45, 7) is 0.324. The van der Waals surface area contributed by atoms with E-state index in [0.717, 1.165) is 0 Å². The van der Waals surface area contributed by atoms with Crippen LogP contribution in [-0.4, -0.2) is 86.3 Å². The maximum atomic E-state index is 10.8. The lowest BCUT2D eigenvalue weighted by atomic mass is 10.1. The Morgan fingerprint density at radius 3 is 2.93 bits per heavy atom. The largest absolute Gasteiger partial charge is 0.480 e. The van der Waals surface area contributed by atoms with Crippen molar-refractivity contribution in [1.82, 2.24) is 9.97 Å². The van der Waals surface area contributed by atoms with E-state index in [9.17, 15) is 15.0 Å². The molecule has 2 aliphatic rings. The highest BCUT2D eigenvalue weighted by Crippen LogP contribution is 2.37. The second-order valence-electron chi connectivity index (χ2n) is 6.69. The fraction of sp³-hybridized carbons (Fsp3) is 0.667. The quantitative estimate of drug-likeness (QED) is 0.272. The summed E-state index contributed by atoms with van der Waals surface area (Å²) in [5.41, 5.74) is 11.9. The minimum Gasteiger partial charge on any atom is -0.480 e. The van der Waals surface area contributed by atoms with Crippen molar-refractivity contribution in [2.45, 2.75) is 37.0 Å². The lowest BCUT2D eigenvalue weighted by Gasteiger charge is -2.26. The van der Waals surface area contributed by atoms with Gasteiger partial charge in [-0.3, -0.25) is 4.79 Å². The normalized spacial score (nSPS) is 29.3. The van der Waals surface area contributed by atoms with Gasteiger partial charge in [-0.05, 0) is 10.9 Å². The summed E-state index contributed by atoms with van der Waals surface area (Å²) >= 11 is 0. The molecule has 1 aromatic heterocycles. The van der Waals surface area contributed by atoms with Gasteiger partial charge in [0.2, 0.25) is 0 Å². The SMILES string of the molecule is C[S+](CC[C@H](N)C(=O)O)C[C@H]1O[C@@H](N2CNc3c(N)ncnc32)[C@H](O)[C@@H]1O. The van der Waals surface area contributed by atoms with Crippen LogP contribution in [0.5, 0.6) is 0 Å². The molecule has 12 heteroatoms. The molecule has 8 N–H and O–H groups in total. The van der Waals surface area contributed by atoms with E-state index >= 15 is 0 Å². The maximum absolute atomic E-state index is 10.8. The van der Waals surface area contributed by atoms with E-state index in [4.69, 9.17) is 21.3 Å². The number of aliphatic hydroxyl groups is 2. The van der Waals surface area contributed by atoms with E-state index in [2.05, 4.69) is 15.3 Å². The smallest absolute Gasteiger partial charge is 0.320 e. The number of nitrogen functional groups attached to an aromatic ring is 1. The number of ether oxygens (including phenoxy) is 1.